The normalized spacial score (nSPS) is 12.8. The van der Waals surface area contributed by atoms with Gasteiger partial charge < -0.3 is 10.4 Å². The van der Waals surface area contributed by atoms with Crippen LogP contribution in [-0.2, 0) is 12.4 Å². The molecular formula is C22H14F6N2O3. The molecule has 3 rings (SSSR count). The molecule has 0 aliphatic heterocycles. The van der Waals surface area contributed by atoms with Gasteiger partial charge in [0, 0.05) is 11.8 Å². The smallest absolute Gasteiger partial charge is 0.418 e. The lowest BCUT2D eigenvalue weighted by atomic mass is 9.97. The number of hydrogen-bond acceptors (Lipinski definition) is 3. The number of benzene rings is 2. The Balaban J connectivity index is 2.05. The summed E-state index contributed by atoms with van der Waals surface area (Å²) in [6.45, 7) is 0. The number of alkyl halides is 6. The average Bonchev–Trinajstić information content (AvgIpc) is 2.76. The van der Waals surface area contributed by atoms with Crippen LogP contribution in [-0.4, -0.2) is 22.0 Å². The summed E-state index contributed by atoms with van der Waals surface area (Å²) in [5.41, 5.74) is -3.05. The van der Waals surface area contributed by atoms with Gasteiger partial charge in [-0.2, -0.15) is 26.3 Å². The minimum Gasteiger partial charge on any atom is -0.478 e. The molecule has 33 heavy (non-hydrogen) atoms. The van der Waals surface area contributed by atoms with Gasteiger partial charge in [0.05, 0.1) is 28.4 Å². The predicted molar refractivity (Wildman–Crippen MR) is 103 cm³/mol. The number of pyridine rings is 1. The van der Waals surface area contributed by atoms with Crippen molar-refractivity contribution in [2.75, 3.05) is 0 Å². The molecule has 5 nitrogen and oxygen atoms in total. The van der Waals surface area contributed by atoms with E-state index >= 15 is 0 Å². The molecule has 2 N–H and O–H groups in total. The van der Waals surface area contributed by atoms with Gasteiger partial charge in [-0.25, -0.2) is 4.79 Å². The van der Waals surface area contributed by atoms with Crippen LogP contribution in [0.4, 0.5) is 26.3 Å². The molecule has 11 heteroatoms. The summed E-state index contributed by atoms with van der Waals surface area (Å²) in [6.07, 6.45) is -8.44. The third-order valence-corrected chi connectivity index (χ3v) is 4.66. The summed E-state index contributed by atoms with van der Waals surface area (Å²) in [4.78, 5) is 27.4. The van der Waals surface area contributed by atoms with Gasteiger partial charge in [0.1, 0.15) is 0 Å². The number of aromatic carboxylic acids is 1. The van der Waals surface area contributed by atoms with Crippen molar-refractivity contribution >= 4 is 11.9 Å². The number of carbonyl (C=O) groups is 2. The standard InChI is InChI=1S/C22H14F6N2O3/c23-21(24,25)15-9-7-12(8-10-15)17(18-16(22(26,27)28)2-1-11-29-18)30-19(31)13-3-5-14(6-4-13)20(32)33/h1-11,17H,(H,30,31)(H,32,33). The molecule has 1 amide bonds. The van der Waals surface area contributed by atoms with Crippen LogP contribution in [0.2, 0.25) is 0 Å². The quantitative estimate of drug-likeness (QED) is 0.496. The zero-order valence-corrected chi connectivity index (χ0v) is 16.4. The lowest BCUT2D eigenvalue weighted by Crippen LogP contribution is -2.31. The van der Waals surface area contributed by atoms with Gasteiger partial charge in [0.2, 0.25) is 0 Å². The third-order valence-electron chi connectivity index (χ3n) is 4.66. The highest BCUT2D eigenvalue weighted by Gasteiger charge is 2.37. The van der Waals surface area contributed by atoms with E-state index in [0.29, 0.717) is 12.1 Å². The van der Waals surface area contributed by atoms with Crippen molar-refractivity contribution in [2.45, 2.75) is 18.4 Å². The number of nitrogens with zero attached hydrogens (tertiary/aromatic N) is 1. The molecule has 0 spiro atoms. The Bertz CT molecular complexity index is 1160. The zero-order chi connectivity index (χ0) is 24.4. The van der Waals surface area contributed by atoms with Gasteiger partial charge in [0.15, 0.2) is 0 Å². The molecule has 3 aromatic rings. The molecule has 1 aromatic heterocycles. The molecule has 0 radical (unpaired) electrons. The minimum absolute atomic E-state index is 0.0669. The Morgan fingerprint density at radius 2 is 1.39 bits per heavy atom. The van der Waals surface area contributed by atoms with Gasteiger partial charge in [-0.05, 0) is 54.1 Å². The molecule has 0 fully saturated rings. The SMILES string of the molecule is O=C(O)c1ccc(C(=O)NC(c2ccc(C(F)(F)F)cc2)c2ncccc2C(F)(F)F)cc1. The fraction of sp³-hybridized carbons (Fsp3) is 0.136. The first-order chi connectivity index (χ1) is 15.4. The second kappa shape index (κ2) is 8.93. The Labute approximate surface area is 182 Å². The zero-order valence-electron chi connectivity index (χ0n) is 16.4. The van der Waals surface area contributed by atoms with Crippen LogP contribution in [0, 0.1) is 0 Å². The summed E-state index contributed by atoms with van der Waals surface area (Å²) in [6, 6.07) is 8.10. The van der Waals surface area contributed by atoms with Crippen molar-refractivity contribution in [3.05, 3.63) is 100 Å². The van der Waals surface area contributed by atoms with Crippen molar-refractivity contribution < 1.29 is 41.0 Å². The average molecular weight is 468 g/mol. The summed E-state index contributed by atoms with van der Waals surface area (Å²) in [5, 5.41) is 11.3. The first-order valence-electron chi connectivity index (χ1n) is 9.21. The molecular weight excluding hydrogens is 454 g/mol. The maximum Gasteiger partial charge on any atom is 0.418 e. The molecule has 2 aromatic carbocycles. The molecule has 0 aliphatic rings. The van der Waals surface area contributed by atoms with Gasteiger partial charge in [-0.3, -0.25) is 9.78 Å². The molecule has 0 bridgehead atoms. The van der Waals surface area contributed by atoms with E-state index in [9.17, 15) is 35.9 Å². The molecule has 0 aliphatic carbocycles. The van der Waals surface area contributed by atoms with Gasteiger partial charge in [-0.1, -0.05) is 12.1 Å². The number of aromatic nitrogens is 1. The number of hydrogen-bond donors (Lipinski definition) is 2. The van der Waals surface area contributed by atoms with Crippen LogP contribution in [0.1, 0.15) is 49.1 Å². The minimum atomic E-state index is -4.85. The lowest BCUT2D eigenvalue weighted by molar-refractivity contribution is -0.139. The van der Waals surface area contributed by atoms with Crippen molar-refractivity contribution in [2.24, 2.45) is 0 Å². The van der Waals surface area contributed by atoms with E-state index in [1.807, 2.05) is 0 Å². The van der Waals surface area contributed by atoms with E-state index in [2.05, 4.69) is 10.3 Å². The van der Waals surface area contributed by atoms with E-state index in [1.165, 1.54) is 0 Å². The van der Waals surface area contributed by atoms with Gasteiger partial charge in [-0.15, -0.1) is 0 Å². The number of carboxylic acids is 1. The third kappa shape index (κ3) is 5.48. The Morgan fingerprint density at radius 3 is 1.91 bits per heavy atom. The second-order valence-electron chi connectivity index (χ2n) is 6.84. The highest BCUT2D eigenvalue weighted by molar-refractivity contribution is 5.96. The number of halogens is 6. The maximum absolute atomic E-state index is 13.6. The van der Waals surface area contributed by atoms with E-state index in [1.54, 1.807) is 0 Å². The van der Waals surface area contributed by atoms with E-state index in [0.717, 1.165) is 54.7 Å². The first-order valence-corrected chi connectivity index (χ1v) is 9.21. The molecule has 0 saturated heterocycles. The molecule has 1 heterocycles. The highest BCUT2D eigenvalue weighted by Crippen LogP contribution is 2.36. The fourth-order valence-corrected chi connectivity index (χ4v) is 3.04. The topological polar surface area (TPSA) is 79.3 Å². The number of rotatable bonds is 5. The van der Waals surface area contributed by atoms with Gasteiger partial charge in [0.25, 0.3) is 5.91 Å². The van der Waals surface area contributed by atoms with Crippen LogP contribution in [0.25, 0.3) is 0 Å². The van der Waals surface area contributed by atoms with E-state index in [-0.39, 0.29) is 16.7 Å². The predicted octanol–water partition coefficient (Wildman–Crippen LogP) is 5.34. The van der Waals surface area contributed by atoms with Crippen LogP contribution in [0.3, 0.4) is 0 Å². The number of nitrogens with one attached hydrogen (secondary N) is 1. The molecule has 1 unspecified atom stereocenters. The van der Waals surface area contributed by atoms with Gasteiger partial charge >= 0.3 is 18.3 Å². The van der Waals surface area contributed by atoms with Crippen LogP contribution in [0.5, 0.6) is 0 Å². The lowest BCUT2D eigenvalue weighted by Gasteiger charge is -2.23. The number of amides is 1. The van der Waals surface area contributed by atoms with Crippen molar-refractivity contribution in [3.63, 3.8) is 0 Å². The molecule has 0 saturated carbocycles. The Hall–Kier alpha value is -3.89. The Kier molecular flexibility index (Phi) is 6.43. The maximum atomic E-state index is 13.6. The first kappa shape index (κ1) is 23.8. The van der Waals surface area contributed by atoms with E-state index < -0.39 is 47.1 Å². The molecule has 1 atom stereocenters. The number of carboxylic acid groups (broad SMARTS) is 1. The van der Waals surface area contributed by atoms with Crippen LogP contribution < -0.4 is 5.32 Å². The second-order valence-corrected chi connectivity index (χ2v) is 6.84. The Morgan fingerprint density at radius 1 is 0.818 bits per heavy atom. The number of carbonyl (C=O) groups excluding carboxylic acids is 1. The van der Waals surface area contributed by atoms with Crippen LogP contribution in [0.15, 0.2) is 66.9 Å². The van der Waals surface area contributed by atoms with E-state index in [4.69, 9.17) is 5.11 Å². The van der Waals surface area contributed by atoms with Crippen LogP contribution >= 0.6 is 0 Å². The summed E-state index contributed by atoms with van der Waals surface area (Å²) in [7, 11) is 0. The summed E-state index contributed by atoms with van der Waals surface area (Å²) in [5.74, 6) is -2.12. The highest BCUT2D eigenvalue weighted by atomic mass is 19.4. The fourth-order valence-electron chi connectivity index (χ4n) is 3.04. The van der Waals surface area contributed by atoms with Crippen molar-refractivity contribution in [3.8, 4) is 0 Å². The monoisotopic (exact) mass is 468 g/mol. The molecule has 172 valence electrons. The largest absolute Gasteiger partial charge is 0.478 e. The summed E-state index contributed by atoms with van der Waals surface area (Å²) < 4.78 is 79.4. The summed E-state index contributed by atoms with van der Waals surface area (Å²) >= 11 is 0. The van der Waals surface area contributed by atoms with Crippen molar-refractivity contribution in [1.29, 1.82) is 0 Å². The van der Waals surface area contributed by atoms with Crippen molar-refractivity contribution in [1.82, 2.24) is 10.3 Å².